The Kier molecular flexibility index (Phi) is 3.90. The maximum absolute atomic E-state index is 5.93. The zero-order chi connectivity index (χ0) is 13.8. The van der Waals surface area contributed by atoms with Gasteiger partial charge in [-0.25, -0.2) is 4.98 Å². The van der Waals surface area contributed by atoms with E-state index in [1.54, 1.807) is 6.20 Å². The summed E-state index contributed by atoms with van der Waals surface area (Å²) >= 11 is 0. The topological polar surface area (TPSA) is 57.4 Å². The fraction of sp³-hybridized carbons (Fsp3) is 0.267. The van der Waals surface area contributed by atoms with Crippen molar-refractivity contribution in [2.75, 3.05) is 5.73 Å². The molecule has 1 heterocycles. The molecule has 0 fully saturated rings. The number of nitrogens with zero attached hydrogens (tertiary/aromatic N) is 1. The van der Waals surface area contributed by atoms with Gasteiger partial charge in [-0.1, -0.05) is 6.07 Å². The number of nitrogens with two attached hydrogens (primary N) is 1. The number of aromatic nitrogens is 1. The van der Waals surface area contributed by atoms with E-state index in [1.165, 1.54) is 0 Å². The summed E-state index contributed by atoms with van der Waals surface area (Å²) in [7, 11) is 0. The molecular formula is C15H18N2O2. The first-order chi connectivity index (χ1) is 9.06. The van der Waals surface area contributed by atoms with Crippen LogP contribution in [0.4, 0.5) is 5.69 Å². The fourth-order valence-electron chi connectivity index (χ4n) is 1.66. The van der Waals surface area contributed by atoms with Crippen molar-refractivity contribution in [2.45, 2.75) is 26.9 Å². The van der Waals surface area contributed by atoms with E-state index in [4.69, 9.17) is 15.2 Å². The molecular weight excluding hydrogens is 240 g/mol. The first-order valence-electron chi connectivity index (χ1n) is 6.22. The van der Waals surface area contributed by atoms with Crippen molar-refractivity contribution in [3.05, 3.63) is 42.1 Å². The minimum absolute atomic E-state index is 0.0573. The van der Waals surface area contributed by atoms with Gasteiger partial charge in [0.1, 0.15) is 0 Å². The predicted octanol–water partition coefficient (Wildman–Crippen LogP) is 3.55. The second-order valence-electron chi connectivity index (χ2n) is 4.62. The van der Waals surface area contributed by atoms with Crippen LogP contribution in [0.1, 0.15) is 19.4 Å². The largest absolute Gasteiger partial charge is 0.485 e. The summed E-state index contributed by atoms with van der Waals surface area (Å²) < 4.78 is 11.4. The molecule has 0 bridgehead atoms. The minimum Gasteiger partial charge on any atom is -0.485 e. The molecule has 1 aromatic carbocycles. The molecule has 0 amide bonds. The number of anilines is 1. The molecule has 1 aromatic heterocycles. The van der Waals surface area contributed by atoms with Crippen molar-refractivity contribution in [2.24, 2.45) is 0 Å². The number of rotatable bonds is 4. The smallest absolute Gasteiger partial charge is 0.262 e. The molecule has 0 aliphatic heterocycles. The number of benzene rings is 1. The molecule has 100 valence electrons. The Morgan fingerprint density at radius 3 is 2.63 bits per heavy atom. The lowest BCUT2D eigenvalue weighted by Gasteiger charge is -2.14. The Morgan fingerprint density at radius 2 is 1.95 bits per heavy atom. The predicted molar refractivity (Wildman–Crippen MR) is 75.7 cm³/mol. The van der Waals surface area contributed by atoms with Gasteiger partial charge in [0, 0.05) is 6.20 Å². The third kappa shape index (κ3) is 3.37. The van der Waals surface area contributed by atoms with Crippen molar-refractivity contribution >= 4 is 5.69 Å². The highest BCUT2D eigenvalue weighted by atomic mass is 16.5. The summed E-state index contributed by atoms with van der Waals surface area (Å²) in [4.78, 5) is 4.19. The molecule has 4 heteroatoms. The average molecular weight is 258 g/mol. The molecule has 0 unspecified atom stereocenters. The Morgan fingerprint density at radius 1 is 1.16 bits per heavy atom. The number of hydrogen-bond donors (Lipinski definition) is 1. The lowest BCUT2D eigenvalue weighted by Crippen LogP contribution is -2.07. The van der Waals surface area contributed by atoms with Crippen molar-refractivity contribution in [3.63, 3.8) is 0 Å². The van der Waals surface area contributed by atoms with Crippen LogP contribution < -0.4 is 15.2 Å². The van der Waals surface area contributed by atoms with Gasteiger partial charge in [0.25, 0.3) is 5.88 Å². The van der Waals surface area contributed by atoms with E-state index in [9.17, 15) is 0 Å². The molecule has 2 N–H and O–H groups in total. The van der Waals surface area contributed by atoms with Gasteiger partial charge in [-0.2, -0.15) is 0 Å². The number of ether oxygens (including phenoxy) is 2. The second kappa shape index (κ2) is 5.61. The van der Waals surface area contributed by atoms with Crippen molar-refractivity contribution in [3.8, 4) is 17.4 Å². The molecule has 0 saturated heterocycles. The van der Waals surface area contributed by atoms with E-state index < -0.39 is 0 Å². The van der Waals surface area contributed by atoms with E-state index in [-0.39, 0.29) is 6.10 Å². The maximum Gasteiger partial charge on any atom is 0.262 e. The van der Waals surface area contributed by atoms with Gasteiger partial charge in [0.2, 0.25) is 0 Å². The van der Waals surface area contributed by atoms with Gasteiger partial charge in [-0.3, -0.25) is 0 Å². The Balaban J connectivity index is 2.27. The normalized spacial score (nSPS) is 10.5. The summed E-state index contributed by atoms with van der Waals surface area (Å²) in [6, 6.07) is 9.27. The number of pyridine rings is 1. The molecule has 0 saturated carbocycles. The van der Waals surface area contributed by atoms with Gasteiger partial charge < -0.3 is 15.2 Å². The van der Waals surface area contributed by atoms with Crippen molar-refractivity contribution < 1.29 is 9.47 Å². The highest BCUT2D eigenvalue weighted by Crippen LogP contribution is 2.32. The molecule has 2 aromatic rings. The van der Waals surface area contributed by atoms with Gasteiger partial charge in [-0.05, 0) is 50.6 Å². The van der Waals surface area contributed by atoms with Crippen LogP contribution >= 0.6 is 0 Å². The van der Waals surface area contributed by atoms with E-state index in [0.29, 0.717) is 23.1 Å². The highest BCUT2D eigenvalue weighted by molar-refractivity contribution is 5.55. The van der Waals surface area contributed by atoms with Crippen LogP contribution in [-0.4, -0.2) is 11.1 Å². The summed E-state index contributed by atoms with van der Waals surface area (Å²) in [5.41, 5.74) is 7.60. The summed E-state index contributed by atoms with van der Waals surface area (Å²) in [6.07, 6.45) is 1.72. The van der Waals surface area contributed by atoms with E-state index in [2.05, 4.69) is 4.98 Å². The Bertz CT molecular complexity index is 568. The van der Waals surface area contributed by atoms with Crippen LogP contribution in [0.25, 0.3) is 0 Å². The van der Waals surface area contributed by atoms with Crippen LogP contribution in [0.3, 0.4) is 0 Å². The van der Waals surface area contributed by atoms with Gasteiger partial charge in [0.05, 0.1) is 11.8 Å². The van der Waals surface area contributed by atoms with Crippen LogP contribution in [0.5, 0.6) is 17.4 Å². The van der Waals surface area contributed by atoms with Crippen LogP contribution in [-0.2, 0) is 0 Å². The fourth-order valence-corrected chi connectivity index (χ4v) is 1.66. The van der Waals surface area contributed by atoms with Gasteiger partial charge in [-0.15, -0.1) is 0 Å². The molecule has 4 nitrogen and oxygen atoms in total. The van der Waals surface area contributed by atoms with Crippen molar-refractivity contribution in [1.82, 2.24) is 4.98 Å². The summed E-state index contributed by atoms with van der Waals surface area (Å²) in [5.74, 6) is 1.61. The molecule has 0 aliphatic carbocycles. The van der Waals surface area contributed by atoms with E-state index in [1.807, 2.05) is 51.1 Å². The first-order valence-corrected chi connectivity index (χ1v) is 6.22. The van der Waals surface area contributed by atoms with E-state index >= 15 is 0 Å². The number of hydrogen-bond acceptors (Lipinski definition) is 4. The zero-order valence-corrected chi connectivity index (χ0v) is 11.4. The van der Waals surface area contributed by atoms with Crippen LogP contribution in [0.2, 0.25) is 0 Å². The molecule has 0 aliphatic rings. The molecule has 0 atom stereocenters. The SMILES string of the molecule is Cc1ccc(Oc2ncccc2OC(C)C)c(N)c1. The molecule has 2 rings (SSSR count). The number of nitrogen functional groups attached to an aromatic ring is 1. The lowest BCUT2D eigenvalue weighted by atomic mass is 10.2. The second-order valence-corrected chi connectivity index (χ2v) is 4.62. The van der Waals surface area contributed by atoms with Crippen LogP contribution in [0.15, 0.2) is 36.5 Å². The minimum atomic E-state index is 0.0573. The van der Waals surface area contributed by atoms with E-state index in [0.717, 1.165) is 5.56 Å². The zero-order valence-electron chi connectivity index (χ0n) is 11.4. The summed E-state index contributed by atoms with van der Waals surface area (Å²) in [6.45, 7) is 5.89. The average Bonchev–Trinajstić information content (AvgIpc) is 2.34. The number of aryl methyl sites for hydroxylation is 1. The Hall–Kier alpha value is -2.23. The summed E-state index contributed by atoms with van der Waals surface area (Å²) in [5, 5.41) is 0. The molecule has 0 spiro atoms. The molecule has 19 heavy (non-hydrogen) atoms. The standard InChI is InChI=1S/C15H18N2O2/c1-10(2)18-14-5-4-8-17-15(14)19-13-7-6-11(3)9-12(13)16/h4-10H,16H2,1-3H3. The maximum atomic E-state index is 5.93. The lowest BCUT2D eigenvalue weighted by molar-refractivity contribution is 0.231. The van der Waals surface area contributed by atoms with Crippen molar-refractivity contribution in [1.29, 1.82) is 0 Å². The van der Waals surface area contributed by atoms with Gasteiger partial charge in [0.15, 0.2) is 11.5 Å². The Labute approximate surface area is 113 Å². The third-order valence-corrected chi connectivity index (χ3v) is 2.47. The van der Waals surface area contributed by atoms with Crippen LogP contribution in [0, 0.1) is 6.92 Å². The first kappa shape index (κ1) is 13.2. The third-order valence-electron chi connectivity index (χ3n) is 2.47. The highest BCUT2D eigenvalue weighted by Gasteiger charge is 2.10. The van der Waals surface area contributed by atoms with Gasteiger partial charge >= 0.3 is 0 Å². The monoisotopic (exact) mass is 258 g/mol. The quantitative estimate of drug-likeness (QED) is 0.852. The molecule has 0 radical (unpaired) electrons.